The fourth-order valence-electron chi connectivity index (χ4n) is 2.71. The Labute approximate surface area is 170 Å². The average Bonchev–Trinajstić information content (AvgIpc) is 2.80. The molecular weight excluding hydrogens is 420 g/mol. The van der Waals surface area contributed by atoms with E-state index in [0.29, 0.717) is 0 Å². The maximum atomic E-state index is 15.3. The molecule has 0 N–H and O–H groups in total. The molecule has 1 fully saturated rings. The van der Waals surface area contributed by atoms with Crippen molar-refractivity contribution in [2.45, 2.75) is 57.7 Å². The molecule has 0 saturated carbocycles. The fraction of sp³-hybridized carbons (Fsp3) is 0.579. The van der Waals surface area contributed by atoms with Gasteiger partial charge >= 0.3 is 19.5 Å². The summed E-state index contributed by atoms with van der Waals surface area (Å²) in [5.74, 6) is 0. The number of alkyl halides is 6. The minimum atomic E-state index is -4.58. The van der Waals surface area contributed by atoms with Crippen molar-refractivity contribution in [2.24, 2.45) is 0 Å². The van der Waals surface area contributed by atoms with Crippen LogP contribution in [0.5, 0.6) is 0 Å². The first-order valence-corrected chi connectivity index (χ1v) is 9.10. The molecule has 1 aromatic carbocycles. The molecule has 0 unspecified atom stereocenters. The summed E-state index contributed by atoms with van der Waals surface area (Å²) in [7, 11) is -1.45. The molecule has 11 heteroatoms. The molecule has 0 atom stereocenters. The van der Waals surface area contributed by atoms with Crippen molar-refractivity contribution >= 4 is 12.7 Å². The molecule has 0 spiro atoms. The van der Waals surface area contributed by atoms with Crippen LogP contribution in [0.15, 0.2) is 30.0 Å². The van der Waals surface area contributed by atoms with E-state index in [0.717, 1.165) is 24.3 Å². The van der Waals surface area contributed by atoms with Crippen LogP contribution in [-0.2, 0) is 20.2 Å². The van der Waals surface area contributed by atoms with Gasteiger partial charge in [0.25, 0.3) is 0 Å². The second-order valence-electron chi connectivity index (χ2n) is 7.91. The monoisotopic (exact) mass is 442 g/mol. The highest BCUT2D eigenvalue weighted by molar-refractivity contribution is 6.55. The molecule has 1 aliphatic heterocycles. The molecule has 0 radical (unpaired) electrons. The molecular formula is C19H22BF7O3. The quantitative estimate of drug-likeness (QED) is 0.308. The summed E-state index contributed by atoms with van der Waals surface area (Å²) in [6.45, 7) is 4.72. The maximum Gasteiger partial charge on any atom is 0.525 e. The summed E-state index contributed by atoms with van der Waals surface area (Å²) < 4.78 is 106. The van der Waals surface area contributed by atoms with Gasteiger partial charge in [-0.15, -0.1) is 0 Å². The van der Waals surface area contributed by atoms with E-state index in [1.807, 2.05) is 0 Å². The summed E-state index contributed by atoms with van der Waals surface area (Å²) in [5.41, 5.74) is -3.71. The van der Waals surface area contributed by atoms with Crippen molar-refractivity contribution in [1.29, 1.82) is 0 Å². The van der Waals surface area contributed by atoms with Crippen molar-refractivity contribution < 1.29 is 44.8 Å². The van der Waals surface area contributed by atoms with Crippen LogP contribution >= 0.6 is 0 Å². The van der Waals surface area contributed by atoms with E-state index in [1.54, 1.807) is 27.7 Å². The van der Waals surface area contributed by atoms with Gasteiger partial charge in [0.15, 0.2) is 0 Å². The summed E-state index contributed by atoms with van der Waals surface area (Å²) in [5, 5.41) is 0. The molecule has 0 aromatic heterocycles. The van der Waals surface area contributed by atoms with Gasteiger partial charge in [-0.2, -0.15) is 26.3 Å². The third kappa shape index (κ3) is 5.98. The first kappa shape index (κ1) is 24.7. The SMILES string of the molecule is CC1(C)OB(C(F)=C(CCOCC(F)(F)F)c2ccc(C(F)(F)F)cc2)OC1(C)C. The van der Waals surface area contributed by atoms with E-state index in [-0.39, 0.29) is 17.6 Å². The Morgan fingerprint density at radius 2 is 1.43 bits per heavy atom. The van der Waals surface area contributed by atoms with Crippen molar-refractivity contribution in [3.05, 3.63) is 41.1 Å². The van der Waals surface area contributed by atoms with E-state index in [1.165, 1.54) is 0 Å². The van der Waals surface area contributed by atoms with Crippen LogP contribution in [0.3, 0.4) is 0 Å². The highest BCUT2D eigenvalue weighted by atomic mass is 19.4. The summed E-state index contributed by atoms with van der Waals surface area (Å²) in [6.07, 6.45) is -9.46. The minimum Gasteiger partial charge on any atom is -0.398 e. The standard InChI is InChI=1S/C19H22BF7O3/c1-16(2)17(3,4)30-20(29-16)15(21)14(9-10-28-11-18(22,23)24)12-5-7-13(8-6-12)19(25,26)27/h5-8H,9-11H2,1-4H3. The van der Waals surface area contributed by atoms with Crippen LogP contribution in [0.1, 0.15) is 45.2 Å². The number of halogens is 7. The predicted molar refractivity (Wildman–Crippen MR) is 97.0 cm³/mol. The number of ether oxygens (including phenoxy) is 1. The minimum absolute atomic E-state index is 0.0609. The van der Waals surface area contributed by atoms with Gasteiger partial charge in [-0.3, -0.25) is 0 Å². The van der Waals surface area contributed by atoms with Crippen LogP contribution in [0.4, 0.5) is 30.7 Å². The van der Waals surface area contributed by atoms with Gasteiger partial charge in [0, 0.05) is 0 Å². The van der Waals surface area contributed by atoms with Crippen molar-refractivity contribution in [3.63, 3.8) is 0 Å². The van der Waals surface area contributed by atoms with E-state index >= 15 is 4.39 Å². The van der Waals surface area contributed by atoms with E-state index in [2.05, 4.69) is 4.74 Å². The van der Waals surface area contributed by atoms with Gasteiger partial charge in [0.1, 0.15) is 12.3 Å². The largest absolute Gasteiger partial charge is 0.525 e. The van der Waals surface area contributed by atoms with Gasteiger partial charge in [0.2, 0.25) is 0 Å². The normalized spacial score (nSPS) is 19.8. The second kappa shape index (κ2) is 8.51. The zero-order valence-electron chi connectivity index (χ0n) is 16.9. The molecule has 2 rings (SSSR count). The van der Waals surface area contributed by atoms with Gasteiger partial charge in [0.05, 0.1) is 23.4 Å². The highest BCUT2D eigenvalue weighted by Crippen LogP contribution is 2.41. The van der Waals surface area contributed by atoms with Crippen molar-refractivity contribution in [2.75, 3.05) is 13.2 Å². The zero-order valence-corrected chi connectivity index (χ0v) is 16.9. The number of benzene rings is 1. The van der Waals surface area contributed by atoms with E-state index in [4.69, 9.17) is 9.31 Å². The van der Waals surface area contributed by atoms with Crippen molar-refractivity contribution in [1.82, 2.24) is 0 Å². The Balaban J connectivity index is 2.32. The summed E-state index contributed by atoms with van der Waals surface area (Å²) >= 11 is 0. The van der Waals surface area contributed by atoms with Crippen LogP contribution in [0, 0.1) is 0 Å². The first-order chi connectivity index (χ1) is 13.5. The van der Waals surface area contributed by atoms with Crippen LogP contribution < -0.4 is 0 Å². The predicted octanol–water partition coefficient (Wildman–Crippen LogP) is 5.99. The molecule has 30 heavy (non-hydrogen) atoms. The molecule has 0 aliphatic carbocycles. The Morgan fingerprint density at radius 3 is 1.87 bits per heavy atom. The van der Waals surface area contributed by atoms with Crippen LogP contribution in [0.25, 0.3) is 5.57 Å². The smallest absolute Gasteiger partial charge is 0.398 e. The average molecular weight is 442 g/mol. The summed E-state index contributed by atoms with van der Waals surface area (Å²) in [4.78, 5) is 0. The maximum absolute atomic E-state index is 15.3. The molecule has 1 aliphatic rings. The van der Waals surface area contributed by atoms with Gasteiger partial charge in [-0.1, -0.05) is 12.1 Å². The van der Waals surface area contributed by atoms with Crippen molar-refractivity contribution in [3.8, 4) is 0 Å². The fourth-order valence-corrected chi connectivity index (χ4v) is 2.71. The lowest BCUT2D eigenvalue weighted by Crippen LogP contribution is -2.41. The molecule has 0 amide bonds. The summed E-state index contributed by atoms with van der Waals surface area (Å²) in [6, 6.07) is 3.63. The molecule has 3 nitrogen and oxygen atoms in total. The third-order valence-corrected chi connectivity index (χ3v) is 5.07. The van der Waals surface area contributed by atoms with E-state index < -0.39 is 55.2 Å². The van der Waals surface area contributed by atoms with E-state index in [9.17, 15) is 26.3 Å². The van der Waals surface area contributed by atoms with Gasteiger partial charge < -0.3 is 14.0 Å². The van der Waals surface area contributed by atoms with Crippen LogP contribution in [-0.4, -0.2) is 37.7 Å². The second-order valence-corrected chi connectivity index (χ2v) is 7.91. The lowest BCUT2D eigenvalue weighted by molar-refractivity contribution is -0.173. The van der Waals surface area contributed by atoms with Crippen LogP contribution in [0.2, 0.25) is 0 Å². The first-order valence-electron chi connectivity index (χ1n) is 9.10. The third-order valence-electron chi connectivity index (χ3n) is 5.07. The Morgan fingerprint density at radius 1 is 0.933 bits per heavy atom. The molecule has 1 heterocycles. The Hall–Kier alpha value is -1.59. The highest BCUT2D eigenvalue weighted by Gasteiger charge is 2.53. The van der Waals surface area contributed by atoms with Gasteiger partial charge in [-0.25, -0.2) is 4.39 Å². The lowest BCUT2D eigenvalue weighted by Gasteiger charge is -2.32. The zero-order chi connectivity index (χ0) is 23.0. The lowest BCUT2D eigenvalue weighted by atomic mass is 9.81. The number of hydrogen-bond donors (Lipinski definition) is 0. The Kier molecular flexibility index (Phi) is 7.00. The Bertz CT molecular complexity index is 752. The molecule has 1 saturated heterocycles. The topological polar surface area (TPSA) is 27.7 Å². The molecule has 0 bridgehead atoms. The molecule has 168 valence electrons. The molecule has 1 aromatic rings. The number of rotatable bonds is 6. The number of hydrogen-bond acceptors (Lipinski definition) is 3. The van der Waals surface area contributed by atoms with Gasteiger partial charge in [-0.05, 0) is 57.4 Å².